The number of hydrogen-bond donors (Lipinski definition) is 2. The van der Waals surface area contributed by atoms with Gasteiger partial charge in [0.2, 0.25) is 6.41 Å². The van der Waals surface area contributed by atoms with Crippen molar-refractivity contribution in [3.8, 4) is 0 Å². The zero-order valence-electron chi connectivity index (χ0n) is 11.0. The lowest BCUT2D eigenvalue weighted by atomic mass is 10.3. The molecule has 18 heavy (non-hydrogen) atoms. The fourth-order valence-electron chi connectivity index (χ4n) is 1.36. The second-order valence-corrected chi connectivity index (χ2v) is 4.17. The lowest BCUT2D eigenvalue weighted by molar-refractivity contribution is -0.116. The van der Waals surface area contributed by atoms with Gasteiger partial charge in [-0.3, -0.25) is 9.59 Å². The van der Waals surface area contributed by atoms with Crippen LogP contribution in [0.15, 0.2) is 23.0 Å². The summed E-state index contributed by atoms with van der Waals surface area (Å²) in [5.74, 6) is -0.431. The number of allylic oxidation sites excluding steroid dienone is 1. The van der Waals surface area contributed by atoms with Crippen LogP contribution in [0, 0.1) is 0 Å². The predicted octanol–water partition coefficient (Wildman–Crippen LogP) is 1.17. The summed E-state index contributed by atoms with van der Waals surface area (Å²) < 4.78 is 0. The highest BCUT2D eigenvalue weighted by atomic mass is 35.5. The van der Waals surface area contributed by atoms with Crippen molar-refractivity contribution in [1.29, 1.82) is 0 Å². The molecule has 0 heterocycles. The first-order valence-corrected chi connectivity index (χ1v) is 6.07. The number of hydrogen-bond acceptors (Lipinski definition) is 3. The molecule has 0 aliphatic carbocycles. The lowest BCUT2D eigenvalue weighted by Crippen LogP contribution is -2.32. The SMILES string of the molecule is C=C(C)N(CCC)C/C(NC=O)=C(\Cl)C(=O)NC. The van der Waals surface area contributed by atoms with Crippen LogP contribution >= 0.6 is 11.6 Å². The van der Waals surface area contributed by atoms with Gasteiger partial charge in [-0.2, -0.15) is 0 Å². The normalized spacial score (nSPS) is 11.3. The molecule has 5 nitrogen and oxygen atoms in total. The highest BCUT2D eigenvalue weighted by Gasteiger charge is 2.14. The van der Waals surface area contributed by atoms with Crippen LogP contribution in [0.4, 0.5) is 0 Å². The Balaban J connectivity index is 5.05. The zero-order valence-corrected chi connectivity index (χ0v) is 11.8. The predicted molar refractivity (Wildman–Crippen MR) is 72.8 cm³/mol. The summed E-state index contributed by atoms with van der Waals surface area (Å²) in [6.07, 6.45) is 1.43. The van der Waals surface area contributed by atoms with E-state index in [1.165, 1.54) is 7.05 Å². The van der Waals surface area contributed by atoms with E-state index in [1.54, 1.807) is 0 Å². The average Bonchev–Trinajstić information content (AvgIpc) is 2.35. The average molecular weight is 274 g/mol. The van der Waals surface area contributed by atoms with Gasteiger partial charge in [0.15, 0.2) is 0 Å². The first kappa shape index (κ1) is 16.5. The van der Waals surface area contributed by atoms with Crippen molar-refractivity contribution in [2.75, 3.05) is 20.1 Å². The Kier molecular flexibility index (Phi) is 7.87. The third-order valence-electron chi connectivity index (χ3n) is 2.31. The Morgan fingerprint density at radius 3 is 2.50 bits per heavy atom. The Bertz CT molecular complexity index is 353. The van der Waals surface area contributed by atoms with Crippen LogP contribution in [-0.4, -0.2) is 37.4 Å². The van der Waals surface area contributed by atoms with Crippen LogP contribution in [0.1, 0.15) is 20.3 Å². The molecule has 0 fully saturated rings. The molecule has 0 bridgehead atoms. The van der Waals surface area contributed by atoms with Crippen molar-refractivity contribution < 1.29 is 9.59 Å². The third kappa shape index (κ3) is 5.23. The van der Waals surface area contributed by atoms with Crippen LogP contribution in [0.3, 0.4) is 0 Å². The van der Waals surface area contributed by atoms with E-state index in [1.807, 2.05) is 18.7 Å². The first-order valence-electron chi connectivity index (χ1n) is 5.69. The fraction of sp³-hybridized carbons (Fsp3) is 0.500. The van der Waals surface area contributed by atoms with Gasteiger partial charge in [-0.1, -0.05) is 25.1 Å². The molecule has 6 heteroatoms. The van der Waals surface area contributed by atoms with Crippen molar-refractivity contribution in [3.63, 3.8) is 0 Å². The van der Waals surface area contributed by atoms with Gasteiger partial charge in [-0.15, -0.1) is 0 Å². The molecule has 0 atom stereocenters. The molecule has 0 aromatic heterocycles. The van der Waals surface area contributed by atoms with E-state index in [0.717, 1.165) is 18.7 Å². The Morgan fingerprint density at radius 1 is 1.50 bits per heavy atom. The summed E-state index contributed by atoms with van der Waals surface area (Å²) >= 11 is 5.92. The number of halogens is 1. The molecule has 0 unspecified atom stereocenters. The van der Waals surface area contributed by atoms with E-state index in [9.17, 15) is 9.59 Å². The van der Waals surface area contributed by atoms with Gasteiger partial charge in [0, 0.05) is 19.3 Å². The van der Waals surface area contributed by atoms with Crippen molar-refractivity contribution >= 4 is 23.9 Å². The summed E-state index contributed by atoms with van der Waals surface area (Å²) in [5, 5.41) is 4.86. The molecule has 0 spiro atoms. The number of amides is 2. The van der Waals surface area contributed by atoms with Crippen molar-refractivity contribution in [2.45, 2.75) is 20.3 Å². The first-order chi connectivity index (χ1) is 8.47. The summed E-state index contributed by atoms with van der Waals surface area (Å²) in [6, 6.07) is 0. The smallest absolute Gasteiger partial charge is 0.264 e. The van der Waals surface area contributed by atoms with Crippen molar-refractivity contribution in [1.82, 2.24) is 15.5 Å². The molecule has 102 valence electrons. The molecule has 2 N–H and O–H groups in total. The second kappa shape index (κ2) is 8.58. The molecule has 0 rings (SSSR count). The van der Waals surface area contributed by atoms with Gasteiger partial charge in [0.05, 0.1) is 12.2 Å². The molecule has 2 amide bonds. The largest absolute Gasteiger partial charge is 0.370 e. The summed E-state index contributed by atoms with van der Waals surface area (Å²) in [5.41, 5.74) is 1.21. The number of carbonyl (C=O) groups is 2. The number of nitrogens with one attached hydrogen (secondary N) is 2. The molecule has 0 aliphatic rings. The number of carbonyl (C=O) groups excluding carboxylic acids is 2. The Labute approximate surface area is 113 Å². The maximum absolute atomic E-state index is 11.4. The van der Waals surface area contributed by atoms with E-state index in [0.29, 0.717) is 18.7 Å². The van der Waals surface area contributed by atoms with Gasteiger partial charge in [-0.25, -0.2) is 0 Å². The maximum Gasteiger partial charge on any atom is 0.264 e. The van der Waals surface area contributed by atoms with E-state index in [-0.39, 0.29) is 5.03 Å². The molecule has 0 saturated carbocycles. The quantitative estimate of drug-likeness (QED) is 0.516. The van der Waals surface area contributed by atoms with Crippen LogP contribution in [0.25, 0.3) is 0 Å². The van der Waals surface area contributed by atoms with Gasteiger partial charge in [0.25, 0.3) is 5.91 Å². The Hall–Kier alpha value is -1.49. The molecular weight excluding hydrogens is 254 g/mol. The topological polar surface area (TPSA) is 61.4 Å². The summed E-state index contributed by atoms with van der Waals surface area (Å²) in [7, 11) is 1.48. The Morgan fingerprint density at radius 2 is 2.11 bits per heavy atom. The highest BCUT2D eigenvalue weighted by Crippen LogP contribution is 2.12. The van der Waals surface area contributed by atoms with Crippen molar-refractivity contribution in [2.24, 2.45) is 0 Å². The fourth-order valence-corrected chi connectivity index (χ4v) is 1.57. The molecule has 0 aliphatic heterocycles. The minimum absolute atomic E-state index is 0.0213. The van der Waals surface area contributed by atoms with Crippen molar-refractivity contribution in [3.05, 3.63) is 23.0 Å². The van der Waals surface area contributed by atoms with E-state index < -0.39 is 5.91 Å². The molecule has 0 aromatic rings. The molecule has 0 saturated heterocycles. The minimum Gasteiger partial charge on any atom is -0.370 e. The van der Waals surface area contributed by atoms with E-state index in [2.05, 4.69) is 17.2 Å². The molecule has 0 aromatic carbocycles. The van der Waals surface area contributed by atoms with Gasteiger partial charge in [-0.05, 0) is 13.3 Å². The van der Waals surface area contributed by atoms with Gasteiger partial charge in [0.1, 0.15) is 5.03 Å². The third-order valence-corrected chi connectivity index (χ3v) is 2.71. The molecular formula is C12H20ClN3O2. The monoisotopic (exact) mass is 273 g/mol. The van der Waals surface area contributed by atoms with Gasteiger partial charge >= 0.3 is 0 Å². The van der Waals surface area contributed by atoms with Crippen LogP contribution in [0.5, 0.6) is 0 Å². The number of likely N-dealkylation sites (N-methyl/N-ethyl adjacent to an activating group) is 1. The summed E-state index contributed by atoms with van der Waals surface area (Å²) in [4.78, 5) is 23.9. The summed E-state index contributed by atoms with van der Waals surface area (Å²) in [6.45, 7) is 8.87. The van der Waals surface area contributed by atoms with Crippen LogP contribution in [-0.2, 0) is 9.59 Å². The zero-order chi connectivity index (χ0) is 14.1. The second-order valence-electron chi connectivity index (χ2n) is 3.79. The number of nitrogens with zero attached hydrogens (tertiary/aromatic N) is 1. The lowest BCUT2D eigenvalue weighted by Gasteiger charge is -2.25. The number of rotatable bonds is 8. The standard InChI is InChI=1S/C12H20ClN3O2/c1-5-6-16(9(2)3)7-10(15-8-17)11(13)12(18)14-4/h8H,2,5-7H2,1,3-4H3,(H,14,18)(H,15,17)/b11-10+. The minimum atomic E-state index is -0.431. The van der Waals surface area contributed by atoms with Gasteiger partial charge < -0.3 is 15.5 Å². The van der Waals surface area contributed by atoms with E-state index in [4.69, 9.17) is 11.6 Å². The maximum atomic E-state index is 11.4. The van der Waals surface area contributed by atoms with E-state index >= 15 is 0 Å². The van der Waals surface area contributed by atoms with Crippen LogP contribution in [0.2, 0.25) is 0 Å². The van der Waals surface area contributed by atoms with Crippen LogP contribution < -0.4 is 10.6 Å². The highest BCUT2D eigenvalue weighted by molar-refractivity contribution is 6.42. The molecule has 0 radical (unpaired) electrons.